The summed E-state index contributed by atoms with van der Waals surface area (Å²) < 4.78 is 0. The van der Waals surface area contributed by atoms with Crippen LogP contribution in [0, 0.1) is 5.92 Å². The number of hydrogen-bond acceptors (Lipinski definition) is 3. The van der Waals surface area contributed by atoms with Crippen molar-refractivity contribution in [1.82, 2.24) is 5.32 Å². The smallest absolute Gasteiger partial charge is 0.157 e. The molecule has 1 fully saturated rings. The Labute approximate surface area is 97.3 Å². The summed E-state index contributed by atoms with van der Waals surface area (Å²) in [5.74, 6) is 2.14. The number of rotatable bonds is 2. The molecule has 3 atom stereocenters. The molecular weight excluding hydrogens is 204 g/mol. The van der Waals surface area contributed by atoms with Crippen LogP contribution in [0.25, 0.3) is 0 Å². The summed E-state index contributed by atoms with van der Waals surface area (Å²) in [6, 6.07) is 1.27. The van der Waals surface area contributed by atoms with Crippen molar-refractivity contribution < 1.29 is 0 Å². The molecule has 0 bridgehead atoms. The molecule has 0 radical (unpaired) electrons. The van der Waals surface area contributed by atoms with Gasteiger partial charge in [0.15, 0.2) is 5.17 Å². The van der Waals surface area contributed by atoms with Crippen molar-refractivity contribution in [2.45, 2.75) is 58.0 Å². The first-order chi connectivity index (χ1) is 7.28. The third-order valence-electron chi connectivity index (χ3n) is 3.48. The lowest BCUT2D eigenvalue weighted by molar-refractivity contribution is 0.566. The molecule has 1 heterocycles. The number of hydrogen-bond donors (Lipinski definition) is 1. The van der Waals surface area contributed by atoms with Crippen LogP contribution < -0.4 is 5.32 Å². The van der Waals surface area contributed by atoms with Gasteiger partial charge in [-0.2, -0.15) is 0 Å². The van der Waals surface area contributed by atoms with Gasteiger partial charge in [0.25, 0.3) is 0 Å². The molecule has 3 heteroatoms. The molecule has 0 spiro atoms. The zero-order valence-corrected chi connectivity index (χ0v) is 10.6. The highest BCUT2D eigenvalue weighted by molar-refractivity contribution is 8.13. The van der Waals surface area contributed by atoms with Gasteiger partial charge in [-0.05, 0) is 38.0 Å². The largest absolute Gasteiger partial charge is 0.362 e. The summed E-state index contributed by atoms with van der Waals surface area (Å²) in [4.78, 5) is 4.76. The van der Waals surface area contributed by atoms with E-state index in [2.05, 4.69) is 19.2 Å². The van der Waals surface area contributed by atoms with Crippen LogP contribution in [0.1, 0.15) is 46.0 Å². The molecule has 0 aromatic heterocycles. The average molecular weight is 226 g/mol. The van der Waals surface area contributed by atoms with Crippen LogP contribution in [0.2, 0.25) is 0 Å². The second-order valence-electron chi connectivity index (χ2n) is 4.89. The number of nitrogens with zero attached hydrogens (tertiary/aromatic N) is 1. The summed E-state index contributed by atoms with van der Waals surface area (Å²) in [5, 5.41) is 4.84. The molecule has 86 valence electrons. The maximum atomic E-state index is 4.76. The lowest BCUT2D eigenvalue weighted by atomic mass is 10.1. The molecule has 2 rings (SSSR count). The fraction of sp³-hybridized carbons (Fsp3) is 0.917. The first kappa shape index (κ1) is 11.3. The number of amidine groups is 1. The Hall–Kier alpha value is -0.180. The van der Waals surface area contributed by atoms with Crippen LogP contribution in [0.3, 0.4) is 0 Å². The first-order valence-corrected chi connectivity index (χ1v) is 7.23. The second-order valence-corrected chi connectivity index (χ2v) is 5.98. The minimum absolute atomic E-state index is 0.576. The van der Waals surface area contributed by atoms with E-state index in [1.165, 1.54) is 43.0 Å². The predicted octanol–water partition coefficient (Wildman–Crippen LogP) is 3.04. The monoisotopic (exact) mass is 226 g/mol. The van der Waals surface area contributed by atoms with E-state index >= 15 is 0 Å². The highest BCUT2D eigenvalue weighted by Crippen LogP contribution is 2.26. The van der Waals surface area contributed by atoms with Gasteiger partial charge in [-0.25, -0.2) is 0 Å². The van der Waals surface area contributed by atoms with Gasteiger partial charge in [-0.3, -0.25) is 4.99 Å². The van der Waals surface area contributed by atoms with Gasteiger partial charge in [0.1, 0.15) is 0 Å². The summed E-state index contributed by atoms with van der Waals surface area (Å²) in [7, 11) is 0. The van der Waals surface area contributed by atoms with Gasteiger partial charge in [-0.15, -0.1) is 0 Å². The van der Waals surface area contributed by atoms with Crippen molar-refractivity contribution in [1.29, 1.82) is 0 Å². The normalized spacial score (nSPS) is 36.4. The summed E-state index contributed by atoms with van der Waals surface area (Å²) in [5.41, 5.74) is 0. The van der Waals surface area contributed by atoms with Gasteiger partial charge < -0.3 is 5.32 Å². The zero-order chi connectivity index (χ0) is 10.7. The molecule has 0 amide bonds. The van der Waals surface area contributed by atoms with Gasteiger partial charge in [0.2, 0.25) is 0 Å². The van der Waals surface area contributed by atoms with E-state index in [0.717, 1.165) is 5.92 Å². The van der Waals surface area contributed by atoms with Crippen molar-refractivity contribution in [3.8, 4) is 0 Å². The minimum Gasteiger partial charge on any atom is -0.362 e. The summed E-state index contributed by atoms with van der Waals surface area (Å²) in [6.45, 7) is 4.59. The highest BCUT2D eigenvalue weighted by atomic mass is 32.2. The molecule has 0 aromatic rings. The molecule has 15 heavy (non-hydrogen) atoms. The SMILES string of the molecule is CCC1CCSC(NC2CCC(C)C2)=N1. The van der Waals surface area contributed by atoms with Gasteiger partial charge >= 0.3 is 0 Å². The number of aliphatic imine (C=N–C) groups is 1. The topological polar surface area (TPSA) is 24.4 Å². The van der Waals surface area contributed by atoms with Crippen LogP contribution in [-0.2, 0) is 0 Å². The Morgan fingerprint density at radius 1 is 1.40 bits per heavy atom. The minimum atomic E-state index is 0.576. The molecule has 1 aliphatic carbocycles. The van der Waals surface area contributed by atoms with Gasteiger partial charge in [0.05, 0.1) is 6.04 Å². The van der Waals surface area contributed by atoms with Crippen LogP contribution in [0.4, 0.5) is 0 Å². The van der Waals surface area contributed by atoms with Crippen molar-refractivity contribution >= 4 is 16.9 Å². The van der Waals surface area contributed by atoms with E-state index in [9.17, 15) is 0 Å². The van der Waals surface area contributed by atoms with Crippen molar-refractivity contribution in [2.24, 2.45) is 10.9 Å². The zero-order valence-electron chi connectivity index (χ0n) is 9.83. The van der Waals surface area contributed by atoms with Crippen molar-refractivity contribution in [3.63, 3.8) is 0 Å². The van der Waals surface area contributed by atoms with Crippen LogP contribution in [-0.4, -0.2) is 23.0 Å². The van der Waals surface area contributed by atoms with Crippen LogP contribution >= 0.6 is 11.8 Å². The molecule has 1 saturated carbocycles. The van der Waals surface area contributed by atoms with E-state index in [1.54, 1.807) is 0 Å². The van der Waals surface area contributed by atoms with Gasteiger partial charge in [-0.1, -0.05) is 25.6 Å². The Morgan fingerprint density at radius 3 is 2.93 bits per heavy atom. The van der Waals surface area contributed by atoms with Crippen LogP contribution in [0.15, 0.2) is 4.99 Å². The molecule has 1 N–H and O–H groups in total. The quantitative estimate of drug-likeness (QED) is 0.782. The number of thioether (sulfide) groups is 1. The molecule has 2 aliphatic rings. The standard InChI is InChI=1S/C12H22N2S/c1-3-10-6-7-15-12(13-10)14-11-5-4-9(2)8-11/h9-11H,3-8H2,1-2H3,(H,13,14). The van der Waals surface area contributed by atoms with E-state index in [-0.39, 0.29) is 0 Å². The Balaban J connectivity index is 1.85. The van der Waals surface area contributed by atoms with E-state index in [1.807, 2.05) is 11.8 Å². The first-order valence-electron chi connectivity index (χ1n) is 6.25. The third-order valence-corrected chi connectivity index (χ3v) is 4.42. The Morgan fingerprint density at radius 2 is 2.27 bits per heavy atom. The molecule has 0 aromatic carbocycles. The van der Waals surface area contributed by atoms with E-state index in [0.29, 0.717) is 12.1 Å². The van der Waals surface area contributed by atoms with Gasteiger partial charge in [0, 0.05) is 11.8 Å². The molecule has 0 saturated heterocycles. The average Bonchev–Trinajstić information content (AvgIpc) is 2.64. The molecule has 1 aliphatic heterocycles. The van der Waals surface area contributed by atoms with E-state index in [4.69, 9.17) is 4.99 Å². The predicted molar refractivity (Wildman–Crippen MR) is 68.5 cm³/mol. The summed E-state index contributed by atoms with van der Waals surface area (Å²) >= 11 is 1.91. The lowest BCUT2D eigenvalue weighted by Crippen LogP contribution is -2.34. The number of nitrogens with one attached hydrogen (secondary N) is 1. The Kier molecular flexibility index (Phi) is 3.95. The molecule has 2 nitrogen and oxygen atoms in total. The summed E-state index contributed by atoms with van der Waals surface area (Å²) in [6.07, 6.45) is 6.49. The maximum absolute atomic E-state index is 4.76. The lowest BCUT2D eigenvalue weighted by Gasteiger charge is -2.22. The second kappa shape index (κ2) is 5.24. The highest BCUT2D eigenvalue weighted by Gasteiger charge is 2.23. The maximum Gasteiger partial charge on any atom is 0.157 e. The fourth-order valence-corrected chi connectivity index (χ4v) is 3.50. The fourth-order valence-electron chi connectivity index (χ4n) is 2.45. The molecule has 3 unspecified atom stereocenters. The van der Waals surface area contributed by atoms with Crippen LogP contribution in [0.5, 0.6) is 0 Å². The van der Waals surface area contributed by atoms with E-state index < -0.39 is 0 Å². The molecular formula is C12H22N2S. The third kappa shape index (κ3) is 3.13. The van der Waals surface area contributed by atoms with Crippen molar-refractivity contribution in [2.75, 3.05) is 5.75 Å². The van der Waals surface area contributed by atoms with Crippen molar-refractivity contribution in [3.05, 3.63) is 0 Å². The Bertz CT molecular complexity index is 240.